The zero-order chi connectivity index (χ0) is 6.69. The van der Waals surface area contributed by atoms with E-state index < -0.39 is 0 Å². The lowest BCUT2D eigenvalue weighted by molar-refractivity contribution is 0.663. The quantitative estimate of drug-likeness (QED) is 0.456. The van der Waals surface area contributed by atoms with Crippen molar-refractivity contribution in [2.75, 3.05) is 0 Å². The van der Waals surface area contributed by atoms with Gasteiger partial charge in [0, 0.05) is 0 Å². The Morgan fingerprint density at radius 2 is 2.33 bits per heavy atom. The first-order chi connectivity index (χ1) is 4.29. The molecule has 1 rings (SSSR count). The van der Waals surface area contributed by atoms with Crippen molar-refractivity contribution in [3.05, 3.63) is 35.4 Å². The zero-order valence-corrected chi connectivity index (χ0v) is 6.13. The fourth-order valence-corrected chi connectivity index (χ4v) is 0.844. The molecule has 0 radical (unpaired) electrons. The van der Waals surface area contributed by atoms with Crippen molar-refractivity contribution in [1.29, 1.82) is 0 Å². The molecule has 0 amide bonds. The van der Waals surface area contributed by atoms with Crippen LogP contribution in [0.4, 0.5) is 4.39 Å². The monoisotopic (exact) mass is 142 g/mol. The molecule has 48 valence electrons. The van der Waals surface area contributed by atoms with Gasteiger partial charge in [-0.25, -0.2) is 4.39 Å². The van der Waals surface area contributed by atoms with Crippen LogP contribution in [0.25, 0.3) is 0 Å². The van der Waals surface area contributed by atoms with Gasteiger partial charge in [0.1, 0.15) is 5.83 Å². The summed E-state index contributed by atoms with van der Waals surface area (Å²) in [7, 11) is 2.55. The summed E-state index contributed by atoms with van der Waals surface area (Å²) in [5.74, 6) is -0.149. The third kappa shape index (κ3) is 2.11. The number of halogens is 1. The molecule has 0 fully saturated rings. The molecular weight excluding hydrogens is 134 g/mol. The Morgan fingerprint density at radius 3 is 3.11 bits per heavy atom. The van der Waals surface area contributed by atoms with Gasteiger partial charge in [0.25, 0.3) is 0 Å². The lowest BCUT2D eigenvalue weighted by Gasteiger charge is -1.87. The van der Waals surface area contributed by atoms with Crippen LogP contribution in [-0.2, 0) is 0 Å². The van der Waals surface area contributed by atoms with Crippen molar-refractivity contribution < 1.29 is 4.39 Å². The molecule has 1 unspecified atom stereocenters. The third-order valence-electron chi connectivity index (χ3n) is 1.10. The van der Waals surface area contributed by atoms with Gasteiger partial charge < -0.3 is 0 Å². The fourth-order valence-electron chi connectivity index (χ4n) is 0.615. The van der Waals surface area contributed by atoms with Crippen LogP contribution in [0.2, 0.25) is 0 Å². The van der Waals surface area contributed by atoms with E-state index in [0.29, 0.717) is 6.42 Å². The van der Waals surface area contributed by atoms with E-state index in [2.05, 4.69) is 9.24 Å². The van der Waals surface area contributed by atoms with Crippen molar-refractivity contribution in [3.63, 3.8) is 0 Å². The zero-order valence-electron chi connectivity index (χ0n) is 4.97. The summed E-state index contributed by atoms with van der Waals surface area (Å²) in [6.45, 7) is 0. The van der Waals surface area contributed by atoms with Crippen molar-refractivity contribution >= 4 is 9.24 Å². The molecule has 2 heteroatoms. The van der Waals surface area contributed by atoms with Crippen LogP contribution in [0.15, 0.2) is 35.4 Å². The largest absolute Gasteiger partial charge is 0.207 e. The van der Waals surface area contributed by atoms with Crippen LogP contribution in [0.5, 0.6) is 0 Å². The van der Waals surface area contributed by atoms with Crippen LogP contribution < -0.4 is 0 Å². The minimum Gasteiger partial charge on any atom is -0.207 e. The van der Waals surface area contributed by atoms with Crippen LogP contribution in [0.1, 0.15) is 6.42 Å². The second kappa shape index (κ2) is 2.93. The van der Waals surface area contributed by atoms with Gasteiger partial charge in [-0.05, 0) is 23.9 Å². The van der Waals surface area contributed by atoms with Gasteiger partial charge in [0.15, 0.2) is 0 Å². The first-order valence-electron chi connectivity index (χ1n) is 2.77. The van der Waals surface area contributed by atoms with Crippen LogP contribution >= 0.6 is 9.24 Å². The molecule has 0 saturated heterocycles. The summed E-state index contributed by atoms with van der Waals surface area (Å²) < 4.78 is 12.3. The van der Waals surface area contributed by atoms with Gasteiger partial charge in [-0.15, -0.1) is 9.24 Å². The second-order valence-electron chi connectivity index (χ2n) is 1.89. The summed E-state index contributed by atoms with van der Waals surface area (Å²) in [6, 6.07) is 0. The van der Waals surface area contributed by atoms with Gasteiger partial charge in [-0.2, -0.15) is 0 Å². The molecule has 0 aromatic carbocycles. The predicted octanol–water partition coefficient (Wildman–Crippen LogP) is 2.56. The van der Waals surface area contributed by atoms with Crippen molar-refractivity contribution in [1.82, 2.24) is 0 Å². The SMILES string of the molecule is FC1=CCC(P)=CC=C1. The molecule has 9 heavy (non-hydrogen) atoms. The summed E-state index contributed by atoms with van der Waals surface area (Å²) >= 11 is 0. The Hall–Kier alpha value is -0.420. The normalized spacial score (nSPS) is 18.4. The second-order valence-corrected chi connectivity index (χ2v) is 2.64. The van der Waals surface area contributed by atoms with Crippen LogP contribution in [0, 0.1) is 0 Å². The summed E-state index contributed by atoms with van der Waals surface area (Å²) in [6.07, 6.45) is 7.30. The summed E-state index contributed by atoms with van der Waals surface area (Å²) in [4.78, 5) is 0. The smallest absolute Gasteiger partial charge is 0.119 e. The molecule has 0 aromatic heterocycles. The van der Waals surface area contributed by atoms with E-state index in [1.165, 1.54) is 6.08 Å². The molecule has 1 atom stereocenters. The molecule has 0 N–H and O–H groups in total. The van der Waals surface area contributed by atoms with Crippen LogP contribution in [0.3, 0.4) is 0 Å². The highest BCUT2D eigenvalue weighted by molar-refractivity contribution is 7.22. The summed E-state index contributed by atoms with van der Waals surface area (Å²) in [5, 5.41) is 1.11. The van der Waals surface area contributed by atoms with Gasteiger partial charge in [-0.1, -0.05) is 12.2 Å². The number of hydrogen-bond donors (Lipinski definition) is 0. The average molecular weight is 142 g/mol. The van der Waals surface area contributed by atoms with Gasteiger partial charge in [0.05, 0.1) is 0 Å². The first kappa shape index (κ1) is 6.70. The highest BCUT2D eigenvalue weighted by Crippen LogP contribution is 2.16. The van der Waals surface area contributed by atoms with E-state index in [-0.39, 0.29) is 5.83 Å². The first-order valence-corrected chi connectivity index (χ1v) is 3.35. The Morgan fingerprint density at radius 1 is 1.56 bits per heavy atom. The molecular formula is C7H8FP. The lowest BCUT2D eigenvalue weighted by atomic mass is 10.4. The van der Waals surface area contributed by atoms with Crippen molar-refractivity contribution in [2.24, 2.45) is 0 Å². The van der Waals surface area contributed by atoms with E-state index in [9.17, 15) is 4.39 Å². The third-order valence-corrected chi connectivity index (χ3v) is 1.53. The molecule has 0 spiro atoms. The lowest BCUT2D eigenvalue weighted by Crippen LogP contribution is -1.64. The van der Waals surface area contributed by atoms with Gasteiger partial charge in [0.2, 0.25) is 0 Å². The molecule has 0 aliphatic heterocycles. The molecule has 0 nitrogen and oxygen atoms in total. The maximum absolute atomic E-state index is 12.3. The minimum absolute atomic E-state index is 0.149. The topological polar surface area (TPSA) is 0 Å². The van der Waals surface area contributed by atoms with E-state index in [1.807, 2.05) is 6.08 Å². The Kier molecular flexibility index (Phi) is 2.18. The number of allylic oxidation sites excluding steroid dienone is 6. The molecule has 0 heterocycles. The van der Waals surface area contributed by atoms with Crippen molar-refractivity contribution in [3.8, 4) is 0 Å². The maximum atomic E-state index is 12.3. The minimum atomic E-state index is -0.149. The molecule has 0 bridgehead atoms. The fraction of sp³-hybridized carbons (Fsp3) is 0.143. The maximum Gasteiger partial charge on any atom is 0.119 e. The van der Waals surface area contributed by atoms with E-state index in [0.717, 1.165) is 5.31 Å². The average Bonchev–Trinajstić information content (AvgIpc) is 1.97. The number of rotatable bonds is 0. The van der Waals surface area contributed by atoms with Crippen LogP contribution in [-0.4, -0.2) is 0 Å². The highest BCUT2D eigenvalue weighted by Gasteiger charge is 1.92. The Labute approximate surface area is 56.3 Å². The van der Waals surface area contributed by atoms with Crippen molar-refractivity contribution in [2.45, 2.75) is 6.42 Å². The summed E-state index contributed by atoms with van der Waals surface area (Å²) in [5.41, 5.74) is 0. The van der Waals surface area contributed by atoms with E-state index in [1.54, 1.807) is 12.2 Å². The molecule has 0 saturated carbocycles. The molecule has 1 aliphatic carbocycles. The predicted molar refractivity (Wildman–Crippen MR) is 40.7 cm³/mol. The molecule has 0 aromatic rings. The molecule has 1 aliphatic rings. The highest BCUT2D eigenvalue weighted by atomic mass is 31.0. The van der Waals surface area contributed by atoms with Gasteiger partial charge in [-0.3, -0.25) is 0 Å². The van der Waals surface area contributed by atoms with Gasteiger partial charge >= 0.3 is 0 Å². The Balaban J connectivity index is 2.75. The number of hydrogen-bond acceptors (Lipinski definition) is 0. The Bertz CT molecular complexity index is 186. The van der Waals surface area contributed by atoms with E-state index in [4.69, 9.17) is 0 Å². The standard InChI is InChI=1S/C7H8FP/c8-6-2-1-3-7(9)5-4-6/h1-4H,5,9H2. The van der Waals surface area contributed by atoms with E-state index >= 15 is 0 Å².